The fourth-order valence-electron chi connectivity index (χ4n) is 5.07. The average molecular weight is 264 g/mol. The van der Waals surface area contributed by atoms with E-state index in [0.717, 1.165) is 25.2 Å². The second-order valence-electron chi connectivity index (χ2n) is 8.16. The maximum atomic E-state index is 12.6. The van der Waals surface area contributed by atoms with Crippen molar-refractivity contribution in [1.29, 1.82) is 0 Å². The van der Waals surface area contributed by atoms with Crippen molar-refractivity contribution in [3.8, 4) is 0 Å². The van der Waals surface area contributed by atoms with Crippen LogP contribution in [0.1, 0.15) is 59.3 Å². The van der Waals surface area contributed by atoms with Gasteiger partial charge in [-0.1, -0.05) is 27.2 Å². The number of carbonyl (C=O) groups excluding carboxylic acids is 1. The van der Waals surface area contributed by atoms with E-state index in [1.54, 1.807) is 0 Å². The summed E-state index contributed by atoms with van der Waals surface area (Å²) in [6.07, 6.45) is 6.98. The maximum absolute atomic E-state index is 12.6. The monoisotopic (exact) mass is 264 g/mol. The second kappa shape index (κ2) is 3.97. The Morgan fingerprint density at radius 2 is 1.95 bits per heavy atom. The summed E-state index contributed by atoms with van der Waals surface area (Å²) in [5.74, 6) is 1.01. The van der Waals surface area contributed by atoms with Crippen LogP contribution in [0.4, 0.5) is 0 Å². The van der Waals surface area contributed by atoms with Gasteiger partial charge < -0.3 is 11.1 Å². The van der Waals surface area contributed by atoms with Gasteiger partial charge in [0.05, 0.1) is 5.41 Å². The molecule has 3 unspecified atom stereocenters. The van der Waals surface area contributed by atoms with E-state index >= 15 is 0 Å². The highest BCUT2D eigenvalue weighted by atomic mass is 16.2. The molecule has 3 N–H and O–H groups in total. The van der Waals surface area contributed by atoms with Gasteiger partial charge in [0.15, 0.2) is 0 Å². The highest BCUT2D eigenvalue weighted by molar-refractivity contribution is 5.84. The molecule has 3 rings (SSSR count). The third kappa shape index (κ3) is 1.70. The van der Waals surface area contributed by atoms with Crippen molar-refractivity contribution in [3.63, 3.8) is 0 Å². The van der Waals surface area contributed by atoms with Crippen molar-refractivity contribution in [3.05, 3.63) is 0 Å². The van der Waals surface area contributed by atoms with Gasteiger partial charge in [-0.3, -0.25) is 4.79 Å². The van der Waals surface area contributed by atoms with Crippen molar-refractivity contribution < 1.29 is 4.79 Å². The van der Waals surface area contributed by atoms with E-state index in [2.05, 4.69) is 26.1 Å². The average Bonchev–Trinajstić information content (AvgIpc) is 2.75. The van der Waals surface area contributed by atoms with E-state index in [-0.39, 0.29) is 16.7 Å². The molecule has 0 saturated heterocycles. The summed E-state index contributed by atoms with van der Waals surface area (Å²) < 4.78 is 0. The minimum atomic E-state index is -0.242. The van der Waals surface area contributed by atoms with Crippen LogP contribution in [0.2, 0.25) is 0 Å². The largest absolute Gasteiger partial charge is 0.352 e. The molecular formula is C16H28N2O. The molecule has 0 aromatic carbocycles. The minimum Gasteiger partial charge on any atom is -0.352 e. The molecule has 3 fully saturated rings. The first-order chi connectivity index (χ1) is 8.84. The van der Waals surface area contributed by atoms with Gasteiger partial charge in [-0.2, -0.15) is 0 Å². The van der Waals surface area contributed by atoms with Crippen LogP contribution in [0, 0.1) is 22.2 Å². The van der Waals surface area contributed by atoms with Crippen molar-refractivity contribution in [2.45, 2.75) is 65.3 Å². The Morgan fingerprint density at radius 3 is 2.37 bits per heavy atom. The topological polar surface area (TPSA) is 55.1 Å². The number of rotatable bonds is 3. The predicted octanol–water partition coefficient (Wildman–Crippen LogP) is 2.45. The van der Waals surface area contributed by atoms with E-state index in [0.29, 0.717) is 18.0 Å². The zero-order chi connectivity index (χ0) is 13.9. The first-order valence-corrected chi connectivity index (χ1v) is 7.85. The van der Waals surface area contributed by atoms with Crippen LogP contribution in [0.15, 0.2) is 0 Å². The van der Waals surface area contributed by atoms with Crippen LogP contribution in [-0.2, 0) is 4.79 Å². The summed E-state index contributed by atoms with van der Waals surface area (Å²) in [6, 6.07) is 0.329. The summed E-state index contributed by atoms with van der Waals surface area (Å²) >= 11 is 0. The van der Waals surface area contributed by atoms with Crippen molar-refractivity contribution in [2.75, 3.05) is 6.54 Å². The van der Waals surface area contributed by atoms with Crippen LogP contribution in [0.3, 0.4) is 0 Å². The molecule has 19 heavy (non-hydrogen) atoms. The van der Waals surface area contributed by atoms with Crippen molar-refractivity contribution in [1.82, 2.24) is 5.32 Å². The van der Waals surface area contributed by atoms with Crippen molar-refractivity contribution >= 4 is 5.91 Å². The number of nitrogens with two attached hydrogens (primary N) is 1. The number of nitrogens with one attached hydrogen (secondary N) is 1. The Balaban J connectivity index is 1.78. The molecule has 3 heteroatoms. The molecule has 0 aromatic rings. The summed E-state index contributed by atoms with van der Waals surface area (Å²) in [4.78, 5) is 12.6. The van der Waals surface area contributed by atoms with Gasteiger partial charge >= 0.3 is 0 Å². The highest BCUT2D eigenvalue weighted by Gasteiger charge is 2.60. The number of hydrogen-bond donors (Lipinski definition) is 2. The quantitative estimate of drug-likeness (QED) is 0.822. The summed E-state index contributed by atoms with van der Waals surface area (Å²) in [5, 5.41) is 3.42. The molecule has 0 aliphatic heterocycles. The number of amides is 1. The zero-order valence-corrected chi connectivity index (χ0v) is 12.6. The van der Waals surface area contributed by atoms with Crippen LogP contribution >= 0.6 is 0 Å². The third-order valence-corrected chi connectivity index (χ3v) is 6.73. The van der Waals surface area contributed by atoms with Crippen LogP contribution in [0.5, 0.6) is 0 Å². The molecule has 3 aliphatic carbocycles. The van der Waals surface area contributed by atoms with E-state index in [9.17, 15) is 4.79 Å². The Hall–Kier alpha value is -0.570. The molecule has 3 aliphatic rings. The first kappa shape index (κ1) is 13.4. The molecular weight excluding hydrogens is 236 g/mol. The Kier molecular flexibility index (Phi) is 2.80. The Labute approximate surface area is 116 Å². The molecule has 0 radical (unpaired) electrons. The predicted molar refractivity (Wildman–Crippen MR) is 76.5 cm³/mol. The maximum Gasteiger partial charge on any atom is 0.227 e. The molecule has 0 spiro atoms. The van der Waals surface area contributed by atoms with Gasteiger partial charge in [0, 0.05) is 12.6 Å². The lowest BCUT2D eigenvalue weighted by atomic mass is 9.65. The molecule has 0 heterocycles. The fourth-order valence-corrected chi connectivity index (χ4v) is 5.07. The first-order valence-electron chi connectivity index (χ1n) is 7.85. The minimum absolute atomic E-state index is 0.230. The lowest BCUT2D eigenvalue weighted by molar-refractivity contribution is -0.138. The fraction of sp³-hybridized carbons (Fsp3) is 0.938. The smallest absolute Gasteiger partial charge is 0.227 e. The third-order valence-electron chi connectivity index (χ3n) is 6.73. The molecule has 108 valence electrons. The molecule has 2 bridgehead atoms. The second-order valence-corrected chi connectivity index (χ2v) is 8.16. The van der Waals surface area contributed by atoms with Gasteiger partial charge in [0.25, 0.3) is 0 Å². The highest BCUT2D eigenvalue weighted by Crippen LogP contribution is 2.62. The summed E-state index contributed by atoms with van der Waals surface area (Å²) in [6.45, 7) is 7.54. The van der Waals surface area contributed by atoms with Crippen LogP contribution in [-0.4, -0.2) is 18.5 Å². The lowest BCUT2D eigenvalue weighted by Gasteiger charge is -2.46. The lowest BCUT2D eigenvalue weighted by Crippen LogP contribution is -2.59. The number of fused-ring (bicyclic) bond motifs is 2. The van der Waals surface area contributed by atoms with E-state index in [1.807, 2.05) is 0 Å². The number of hydrogen-bond acceptors (Lipinski definition) is 2. The summed E-state index contributed by atoms with van der Waals surface area (Å²) in [7, 11) is 0. The van der Waals surface area contributed by atoms with E-state index < -0.39 is 0 Å². The molecule has 3 saturated carbocycles. The Bertz CT molecular complexity index is 389. The molecule has 1 amide bonds. The van der Waals surface area contributed by atoms with Crippen LogP contribution in [0.25, 0.3) is 0 Å². The molecule has 0 aromatic heterocycles. The van der Waals surface area contributed by atoms with Crippen molar-refractivity contribution in [2.24, 2.45) is 27.9 Å². The standard InChI is InChI=1S/C16H28N2O/c1-14(2)11-5-8-15(3,9-11)12(14)18-13(19)16(10-17)6-4-7-16/h11-12H,4-10,17H2,1-3H3,(H,18,19). The zero-order valence-electron chi connectivity index (χ0n) is 12.6. The van der Waals surface area contributed by atoms with E-state index in [4.69, 9.17) is 5.73 Å². The normalized spacial score (nSPS) is 41.9. The van der Waals surface area contributed by atoms with Crippen LogP contribution < -0.4 is 11.1 Å². The van der Waals surface area contributed by atoms with Gasteiger partial charge in [0.2, 0.25) is 5.91 Å². The number of carbonyl (C=O) groups is 1. The Morgan fingerprint density at radius 1 is 1.26 bits per heavy atom. The van der Waals surface area contributed by atoms with Gasteiger partial charge in [-0.15, -0.1) is 0 Å². The van der Waals surface area contributed by atoms with Gasteiger partial charge in [-0.25, -0.2) is 0 Å². The molecule has 3 nitrogen and oxygen atoms in total. The van der Waals surface area contributed by atoms with Gasteiger partial charge in [0.1, 0.15) is 0 Å². The SMILES string of the molecule is CC12CCC(C1)C(C)(C)C2NC(=O)C1(CN)CCC1. The van der Waals surface area contributed by atoms with E-state index in [1.165, 1.54) is 19.3 Å². The molecule has 3 atom stereocenters. The summed E-state index contributed by atoms with van der Waals surface area (Å²) in [5.41, 5.74) is 6.17. The van der Waals surface area contributed by atoms with Gasteiger partial charge in [-0.05, 0) is 48.9 Å².